The van der Waals surface area contributed by atoms with E-state index in [2.05, 4.69) is 9.97 Å². The standard InChI is InChI=1S/C19H22N6O4S/c1-2-30(28,29)17-21-15(20)14-16(22-17)24(12-13-8-4-3-5-9-13)19(27)25(14)18(26)23-10-6-7-11-23/h3-5,8-9H,2,6-7,10-12H2,1H3,(H2,20,21,22). The van der Waals surface area contributed by atoms with Crippen LogP contribution >= 0.6 is 0 Å². The number of carbonyl (C=O) groups is 1. The topological polar surface area (TPSA) is 133 Å². The average molecular weight is 430 g/mol. The fourth-order valence-corrected chi connectivity index (χ4v) is 4.27. The Kier molecular flexibility index (Phi) is 5.06. The Bertz CT molecular complexity index is 1270. The lowest BCUT2D eigenvalue weighted by Crippen LogP contribution is -2.39. The number of aromatic nitrogens is 4. The number of amides is 1. The molecule has 3 heterocycles. The summed E-state index contributed by atoms with van der Waals surface area (Å²) in [6.07, 6.45) is 1.71. The number of likely N-dealkylation sites (tertiary alicyclic amines) is 1. The van der Waals surface area contributed by atoms with Gasteiger partial charge in [-0.1, -0.05) is 37.3 Å². The summed E-state index contributed by atoms with van der Waals surface area (Å²) in [5, 5.41) is -0.456. The van der Waals surface area contributed by atoms with Crippen LogP contribution in [0, 0.1) is 0 Å². The number of nitrogen functional groups attached to an aromatic ring is 1. The van der Waals surface area contributed by atoms with Crippen LogP contribution in [0.25, 0.3) is 11.2 Å². The molecule has 1 saturated heterocycles. The summed E-state index contributed by atoms with van der Waals surface area (Å²) in [5.41, 5.74) is 6.29. The minimum Gasteiger partial charge on any atom is -0.382 e. The molecule has 3 aromatic rings. The zero-order valence-corrected chi connectivity index (χ0v) is 17.3. The number of benzene rings is 1. The van der Waals surface area contributed by atoms with Crippen molar-refractivity contribution in [1.29, 1.82) is 0 Å². The van der Waals surface area contributed by atoms with Gasteiger partial charge in [0.1, 0.15) is 5.52 Å². The van der Waals surface area contributed by atoms with Gasteiger partial charge >= 0.3 is 11.7 Å². The lowest BCUT2D eigenvalue weighted by atomic mass is 10.2. The molecule has 0 radical (unpaired) electrons. The molecule has 0 aliphatic carbocycles. The van der Waals surface area contributed by atoms with Crippen LogP contribution in [-0.2, 0) is 16.4 Å². The van der Waals surface area contributed by atoms with Gasteiger partial charge in [-0.05, 0) is 18.4 Å². The number of sulfone groups is 1. The van der Waals surface area contributed by atoms with E-state index in [0.717, 1.165) is 23.0 Å². The second-order valence-corrected chi connectivity index (χ2v) is 9.31. The number of nitrogens with zero attached hydrogens (tertiary/aromatic N) is 5. The third-order valence-corrected chi connectivity index (χ3v) is 6.68. The summed E-state index contributed by atoms with van der Waals surface area (Å²) in [6, 6.07) is 8.64. The average Bonchev–Trinajstić information content (AvgIpc) is 3.36. The molecule has 0 bridgehead atoms. The molecule has 158 valence electrons. The molecule has 1 aromatic carbocycles. The molecule has 1 aliphatic rings. The third kappa shape index (κ3) is 3.34. The van der Waals surface area contributed by atoms with Crippen LogP contribution in [-0.4, -0.2) is 57.3 Å². The summed E-state index contributed by atoms with van der Waals surface area (Å²) in [6.45, 7) is 2.66. The fourth-order valence-electron chi connectivity index (χ4n) is 3.55. The van der Waals surface area contributed by atoms with Crippen LogP contribution in [0.1, 0.15) is 25.3 Å². The van der Waals surface area contributed by atoms with E-state index in [1.807, 2.05) is 30.3 Å². The summed E-state index contributed by atoms with van der Waals surface area (Å²) in [7, 11) is -3.76. The molecule has 2 aromatic heterocycles. The van der Waals surface area contributed by atoms with Crippen molar-refractivity contribution in [1.82, 2.24) is 24.0 Å². The molecule has 10 nitrogen and oxygen atoms in total. The molecule has 30 heavy (non-hydrogen) atoms. The number of hydrogen-bond donors (Lipinski definition) is 1. The number of hydrogen-bond acceptors (Lipinski definition) is 7. The largest absolute Gasteiger partial charge is 0.382 e. The van der Waals surface area contributed by atoms with E-state index in [-0.39, 0.29) is 29.3 Å². The number of anilines is 1. The van der Waals surface area contributed by atoms with Gasteiger partial charge in [0, 0.05) is 13.1 Å². The van der Waals surface area contributed by atoms with E-state index >= 15 is 0 Å². The predicted molar refractivity (Wildman–Crippen MR) is 111 cm³/mol. The lowest BCUT2D eigenvalue weighted by Gasteiger charge is -2.15. The van der Waals surface area contributed by atoms with Crippen LogP contribution in [0.2, 0.25) is 0 Å². The summed E-state index contributed by atoms with van der Waals surface area (Å²) in [4.78, 5) is 36.0. The Morgan fingerprint density at radius 3 is 2.43 bits per heavy atom. The first kappa shape index (κ1) is 20.1. The molecule has 0 atom stereocenters. The van der Waals surface area contributed by atoms with Crippen molar-refractivity contribution < 1.29 is 13.2 Å². The van der Waals surface area contributed by atoms with Crippen molar-refractivity contribution in [2.24, 2.45) is 0 Å². The van der Waals surface area contributed by atoms with Gasteiger partial charge in [0.15, 0.2) is 11.5 Å². The molecule has 0 spiro atoms. The Morgan fingerprint density at radius 1 is 1.13 bits per heavy atom. The Labute approximate surface area is 172 Å². The van der Waals surface area contributed by atoms with E-state index in [1.165, 1.54) is 11.5 Å². The van der Waals surface area contributed by atoms with E-state index in [1.54, 1.807) is 4.90 Å². The maximum absolute atomic E-state index is 13.3. The highest BCUT2D eigenvalue weighted by Crippen LogP contribution is 2.22. The van der Waals surface area contributed by atoms with Crippen molar-refractivity contribution in [3.8, 4) is 0 Å². The molecule has 0 unspecified atom stereocenters. The molecule has 1 fully saturated rings. The molecular formula is C19H22N6O4S. The number of nitrogens with two attached hydrogens (primary N) is 1. The summed E-state index contributed by atoms with van der Waals surface area (Å²) >= 11 is 0. The predicted octanol–water partition coefficient (Wildman–Crippen LogP) is 1.08. The van der Waals surface area contributed by atoms with Crippen LogP contribution in [0.15, 0.2) is 40.3 Å². The smallest absolute Gasteiger partial charge is 0.339 e. The first-order chi connectivity index (χ1) is 14.3. The highest BCUT2D eigenvalue weighted by molar-refractivity contribution is 7.91. The first-order valence-electron chi connectivity index (χ1n) is 9.68. The van der Waals surface area contributed by atoms with Crippen molar-refractivity contribution in [2.45, 2.75) is 31.5 Å². The first-order valence-corrected chi connectivity index (χ1v) is 11.3. The zero-order chi connectivity index (χ0) is 21.5. The van der Waals surface area contributed by atoms with Gasteiger partial charge in [0.05, 0.1) is 12.3 Å². The maximum atomic E-state index is 13.3. The quantitative estimate of drug-likeness (QED) is 0.612. The zero-order valence-electron chi connectivity index (χ0n) is 16.5. The fraction of sp³-hybridized carbons (Fsp3) is 0.368. The Morgan fingerprint density at radius 2 is 1.80 bits per heavy atom. The Balaban J connectivity index is 1.99. The van der Waals surface area contributed by atoms with Gasteiger partial charge in [-0.15, -0.1) is 0 Å². The second kappa shape index (κ2) is 7.56. The SMILES string of the molecule is CCS(=O)(=O)c1nc(N)c2c(n1)n(Cc1ccccc1)c(=O)n2C(=O)N1CCCC1. The van der Waals surface area contributed by atoms with Crippen LogP contribution < -0.4 is 11.4 Å². The highest BCUT2D eigenvalue weighted by atomic mass is 32.2. The van der Waals surface area contributed by atoms with Crippen LogP contribution in [0.3, 0.4) is 0 Å². The van der Waals surface area contributed by atoms with Crippen LogP contribution in [0.4, 0.5) is 10.6 Å². The lowest BCUT2D eigenvalue weighted by molar-refractivity contribution is 0.210. The van der Waals surface area contributed by atoms with Crippen molar-refractivity contribution in [2.75, 3.05) is 24.6 Å². The molecule has 2 N–H and O–H groups in total. The molecule has 0 saturated carbocycles. The van der Waals surface area contributed by atoms with Gasteiger partial charge in [0.2, 0.25) is 9.84 Å². The normalized spacial score (nSPS) is 14.5. The van der Waals surface area contributed by atoms with Gasteiger partial charge in [-0.3, -0.25) is 4.57 Å². The molecule has 1 amide bonds. The minimum atomic E-state index is -3.76. The van der Waals surface area contributed by atoms with Gasteiger partial charge in [-0.2, -0.15) is 9.97 Å². The van der Waals surface area contributed by atoms with Crippen LogP contribution in [0.5, 0.6) is 0 Å². The van der Waals surface area contributed by atoms with E-state index < -0.39 is 26.7 Å². The van der Waals surface area contributed by atoms with E-state index in [0.29, 0.717) is 13.1 Å². The van der Waals surface area contributed by atoms with E-state index in [9.17, 15) is 18.0 Å². The van der Waals surface area contributed by atoms with E-state index in [4.69, 9.17) is 5.73 Å². The highest BCUT2D eigenvalue weighted by Gasteiger charge is 2.29. The summed E-state index contributed by atoms with van der Waals surface area (Å²) in [5.74, 6) is -0.433. The molecule has 4 rings (SSSR count). The van der Waals surface area contributed by atoms with Gasteiger partial charge < -0.3 is 10.6 Å². The van der Waals surface area contributed by atoms with Crippen molar-refractivity contribution in [3.63, 3.8) is 0 Å². The van der Waals surface area contributed by atoms with Crippen molar-refractivity contribution in [3.05, 3.63) is 46.4 Å². The van der Waals surface area contributed by atoms with Gasteiger partial charge in [-0.25, -0.2) is 22.6 Å². The minimum absolute atomic E-state index is 0.0240. The number of carbonyl (C=O) groups excluding carboxylic acids is 1. The molecule has 1 aliphatic heterocycles. The number of fused-ring (bicyclic) bond motifs is 1. The Hall–Kier alpha value is -3.21. The number of rotatable bonds is 4. The molecule has 11 heteroatoms. The second-order valence-electron chi connectivity index (χ2n) is 7.13. The monoisotopic (exact) mass is 430 g/mol. The van der Waals surface area contributed by atoms with Gasteiger partial charge in [0.25, 0.3) is 5.16 Å². The molecular weight excluding hydrogens is 408 g/mol. The third-order valence-electron chi connectivity index (χ3n) is 5.18. The number of imidazole rings is 1. The maximum Gasteiger partial charge on any atom is 0.339 e. The summed E-state index contributed by atoms with van der Waals surface area (Å²) < 4.78 is 26.9. The van der Waals surface area contributed by atoms with Crippen molar-refractivity contribution >= 4 is 32.9 Å².